The van der Waals surface area contributed by atoms with Crippen LogP contribution in [0.25, 0.3) is 0 Å². The second-order valence-electron chi connectivity index (χ2n) is 5.84. The predicted octanol–water partition coefficient (Wildman–Crippen LogP) is 0.0396. The first kappa shape index (κ1) is 16.4. The van der Waals surface area contributed by atoms with Gasteiger partial charge in [0.05, 0.1) is 12.5 Å². The minimum Gasteiger partial charge on any atom is -0.480 e. The summed E-state index contributed by atoms with van der Waals surface area (Å²) in [5.74, 6) is -2.29. The largest absolute Gasteiger partial charge is 0.480 e. The van der Waals surface area contributed by atoms with Crippen LogP contribution in [0.5, 0.6) is 0 Å². The second-order valence-corrected chi connectivity index (χ2v) is 5.84. The van der Waals surface area contributed by atoms with Crippen molar-refractivity contribution < 1.29 is 24.2 Å². The van der Waals surface area contributed by atoms with Gasteiger partial charge in [-0.3, -0.25) is 9.59 Å². The molecule has 0 aliphatic carbocycles. The van der Waals surface area contributed by atoms with E-state index in [0.717, 1.165) is 13.0 Å². The first-order valence-electron chi connectivity index (χ1n) is 6.67. The van der Waals surface area contributed by atoms with E-state index >= 15 is 0 Å². The van der Waals surface area contributed by atoms with Gasteiger partial charge in [-0.05, 0) is 40.2 Å². The third-order valence-electron chi connectivity index (χ3n) is 2.78. The topological polar surface area (TPSA) is 105 Å². The fourth-order valence-electron chi connectivity index (χ4n) is 1.93. The number of hydrogen-bond acceptors (Lipinski definition) is 5. The second kappa shape index (κ2) is 6.69. The first-order chi connectivity index (χ1) is 9.19. The number of carboxylic acid groups (broad SMARTS) is 1. The number of rotatable bonds is 5. The van der Waals surface area contributed by atoms with Crippen molar-refractivity contribution in [3.05, 3.63) is 0 Å². The lowest BCUT2D eigenvalue weighted by atomic mass is 10.1. The molecule has 1 saturated heterocycles. The lowest BCUT2D eigenvalue weighted by molar-refractivity contribution is -0.158. The van der Waals surface area contributed by atoms with Crippen LogP contribution in [0.1, 0.15) is 40.0 Å². The van der Waals surface area contributed by atoms with Gasteiger partial charge in [0, 0.05) is 0 Å². The molecule has 3 N–H and O–H groups in total. The number of amides is 1. The summed E-state index contributed by atoms with van der Waals surface area (Å²) in [5.41, 5.74) is -0.683. The van der Waals surface area contributed by atoms with E-state index in [4.69, 9.17) is 9.84 Å². The van der Waals surface area contributed by atoms with E-state index in [-0.39, 0.29) is 12.5 Å². The molecule has 0 aromatic carbocycles. The SMILES string of the molecule is CC(C)(C)OC(=O)C[C@H](NC(=O)C1CCCN1)C(=O)O. The van der Waals surface area contributed by atoms with E-state index in [1.165, 1.54) is 0 Å². The van der Waals surface area contributed by atoms with Gasteiger partial charge in [0.2, 0.25) is 5.91 Å². The summed E-state index contributed by atoms with van der Waals surface area (Å²) in [7, 11) is 0. The van der Waals surface area contributed by atoms with Crippen molar-refractivity contribution in [2.24, 2.45) is 0 Å². The Morgan fingerprint density at radius 3 is 2.50 bits per heavy atom. The summed E-state index contributed by atoms with van der Waals surface area (Å²) < 4.78 is 5.06. The number of hydrogen-bond donors (Lipinski definition) is 3. The lowest BCUT2D eigenvalue weighted by Crippen LogP contribution is -2.49. The maximum atomic E-state index is 11.8. The van der Waals surface area contributed by atoms with Crippen molar-refractivity contribution in [3.8, 4) is 0 Å². The molecule has 1 aliphatic rings. The average Bonchev–Trinajstić information content (AvgIpc) is 2.78. The molecular formula is C13H22N2O5. The Balaban J connectivity index is 2.54. The number of aliphatic carboxylic acids is 1. The normalized spacial score (nSPS) is 20.2. The minimum atomic E-state index is -1.26. The fourth-order valence-corrected chi connectivity index (χ4v) is 1.93. The molecular weight excluding hydrogens is 264 g/mol. The van der Waals surface area contributed by atoms with Gasteiger partial charge < -0.3 is 20.5 Å². The summed E-state index contributed by atoms with van der Waals surface area (Å²) in [6.45, 7) is 5.83. The number of ether oxygens (including phenoxy) is 1. The zero-order valence-electron chi connectivity index (χ0n) is 12.1. The van der Waals surface area contributed by atoms with Crippen LogP contribution in [-0.4, -0.2) is 47.2 Å². The lowest BCUT2D eigenvalue weighted by Gasteiger charge is -2.22. The molecule has 0 bridgehead atoms. The van der Waals surface area contributed by atoms with E-state index < -0.39 is 29.5 Å². The summed E-state index contributed by atoms with van der Waals surface area (Å²) in [5, 5.41) is 14.4. The molecule has 0 aromatic rings. The molecule has 2 atom stereocenters. The molecule has 0 radical (unpaired) electrons. The zero-order valence-corrected chi connectivity index (χ0v) is 12.1. The number of carboxylic acids is 1. The van der Waals surface area contributed by atoms with Crippen molar-refractivity contribution in [2.75, 3.05) is 6.54 Å². The monoisotopic (exact) mass is 286 g/mol. The van der Waals surface area contributed by atoms with E-state index in [1.807, 2.05) is 0 Å². The van der Waals surface area contributed by atoms with Gasteiger partial charge in [-0.1, -0.05) is 0 Å². The van der Waals surface area contributed by atoms with Crippen LogP contribution in [0.15, 0.2) is 0 Å². The van der Waals surface area contributed by atoms with Crippen LogP contribution >= 0.6 is 0 Å². The number of nitrogens with one attached hydrogen (secondary N) is 2. The van der Waals surface area contributed by atoms with Crippen molar-refractivity contribution in [3.63, 3.8) is 0 Å². The summed E-state index contributed by atoms with van der Waals surface area (Å²) >= 11 is 0. The predicted molar refractivity (Wildman–Crippen MR) is 71.1 cm³/mol. The molecule has 20 heavy (non-hydrogen) atoms. The molecule has 1 heterocycles. The first-order valence-corrected chi connectivity index (χ1v) is 6.67. The van der Waals surface area contributed by atoms with Crippen LogP contribution in [0.2, 0.25) is 0 Å². The summed E-state index contributed by atoms with van der Waals surface area (Å²) in [6.07, 6.45) is 1.16. The highest BCUT2D eigenvalue weighted by atomic mass is 16.6. The maximum absolute atomic E-state index is 11.8. The van der Waals surface area contributed by atoms with E-state index in [9.17, 15) is 14.4 Å². The van der Waals surface area contributed by atoms with Crippen LogP contribution in [0.4, 0.5) is 0 Å². The quantitative estimate of drug-likeness (QED) is 0.616. The number of carbonyl (C=O) groups excluding carboxylic acids is 2. The highest BCUT2D eigenvalue weighted by molar-refractivity contribution is 5.89. The standard InChI is InChI=1S/C13H22N2O5/c1-13(2,3)20-10(16)7-9(12(18)19)15-11(17)8-5-4-6-14-8/h8-9,14H,4-7H2,1-3H3,(H,15,17)(H,18,19)/t8?,9-/m0/s1. The Morgan fingerprint density at radius 2 is 2.05 bits per heavy atom. The van der Waals surface area contributed by atoms with Gasteiger partial charge >= 0.3 is 11.9 Å². The molecule has 7 nitrogen and oxygen atoms in total. The Hall–Kier alpha value is -1.63. The van der Waals surface area contributed by atoms with Gasteiger partial charge in [-0.25, -0.2) is 4.79 Å². The van der Waals surface area contributed by atoms with Crippen LogP contribution in [0.3, 0.4) is 0 Å². The molecule has 0 spiro atoms. The molecule has 1 unspecified atom stereocenters. The number of esters is 1. The Bertz CT molecular complexity index is 383. The van der Waals surface area contributed by atoms with Gasteiger partial charge in [0.15, 0.2) is 0 Å². The summed E-state index contributed by atoms with van der Waals surface area (Å²) in [6, 6.07) is -1.64. The summed E-state index contributed by atoms with van der Waals surface area (Å²) in [4.78, 5) is 34.6. The molecule has 7 heteroatoms. The highest BCUT2D eigenvalue weighted by Gasteiger charge is 2.30. The van der Waals surface area contributed by atoms with E-state index in [0.29, 0.717) is 6.42 Å². The third kappa shape index (κ3) is 5.56. The molecule has 1 fully saturated rings. The van der Waals surface area contributed by atoms with Gasteiger partial charge in [-0.15, -0.1) is 0 Å². The minimum absolute atomic E-state index is 0.379. The van der Waals surface area contributed by atoms with Crippen LogP contribution in [-0.2, 0) is 19.1 Å². The molecule has 0 saturated carbocycles. The zero-order chi connectivity index (χ0) is 15.3. The average molecular weight is 286 g/mol. The maximum Gasteiger partial charge on any atom is 0.326 e. The third-order valence-corrected chi connectivity index (χ3v) is 2.78. The van der Waals surface area contributed by atoms with E-state index in [1.54, 1.807) is 20.8 Å². The highest BCUT2D eigenvalue weighted by Crippen LogP contribution is 2.10. The van der Waals surface area contributed by atoms with Crippen molar-refractivity contribution in [1.29, 1.82) is 0 Å². The van der Waals surface area contributed by atoms with Crippen molar-refractivity contribution >= 4 is 17.8 Å². The van der Waals surface area contributed by atoms with Crippen molar-refractivity contribution in [1.82, 2.24) is 10.6 Å². The Morgan fingerprint density at radius 1 is 1.40 bits per heavy atom. The Labute approximate surface area is 118 Å². The smallest absolute Gasteiger partial charge is 0.326 e. The van der Waals surface area contributed by atoms with Gasteiger partial charge in [0.25, 0.3) is 0 Å². The molecule has 1 amide bonds. The van der Waals surface area contributed by atoms with Gasteiger partial charge in [0.1, 0.15) is 11.6 Å². The Kier molecular flexibility index (Phi) is 5.50. The molecule has 114 valence electrons. The van der Waals surface area contributed by atoms with E-state index in [2.05, 4.69) is 10.6 Å². The van der Waals surface area contributed by atoms with Crippen LogP contribution in [0, 0.1) is 0 Å². The molecule has 0 aromatic heterocycles. The van der Waals surface area contributed by atoms with Gasteiger partial charge in [-0.2, -0.15) is 0 Å². The molecule has 1 aliphatic heterocycles. The van der Waals surface area contributed by atoms with Crippen molar-refractivity contribution in [2.45, 2.75) is 57.7 Å². The van der Waals surface area contributed by atoms with Crippen LogP contribution < -0.4 is 10.6 Å². The fraction of sp³-hybridized carbons (Fsp3) is 0.769. The number of carbonyl (C=O) groups is 3. The molecule has 1 rings (SSSR count).